The van der Waals surface area contributed by atoms with Gasteiger partial charge in [0, 0.05) is 11.1 Å². The van der Waals surface area contributed by atoms with Crippen molar-refractivity contribution in [3.05, 3.63) is 145 Å². The van der Waals surface area contributed by atoms with Crippen LogP contribution >= 0.6 is 0 Å². The van der Waals surface area contributed by atoms with E-state index in [2.05, 4.69) is 89.5 Å². The summed E-state index contributed by atoms with van der Waals surface area (Å²) in [5.74, 6) is 1.03. The summed E-state index contributed by atoms with van der Waals surface area (Å²) in [7, 11) is 0. The Morgan fingerprint density at radius 2 is 1.39 bits per heavy atom. The Kier molecular flexibility index (Phi) is 7.68. The number of rotatable bonds is 10. The fourth-order valence-corrected chi connectivity index (χ4v) is 5.55. The Hall–Kier alpha value is -5.53. The minimum atomic E-state index is -0.253. The van der Waals surface area contributed by atoms with Gasteiger partial charge in [-0.2, -0.15) is 9.97 Å². The average Bonchev–Trinajstić information content (AvgIpc) is 3.48. The second kappa shape index (κ2) is 12.4. The van der Waals surface area contributed by atoms with Crippen LogP contribution in [0.1, 0.15) is 11.1 Å². The number of hydrogen-bond donors (Lipinski definition) is 3. The maximum absolute atomic E-state index is 10.3. The molecule has 44 heavy (non-hydrogen) atoms. The molecule has 0 unspecified atom stereocenters. The van der Waals surface area contributed by atoms with E-state index in [1.54, 1.807) is 0 Å². The molecular weight excluding hydrogens is 544 g/mol. The predicted octanol–water partition coefficient (Wildman–Crippen LogP) is 7.45. The summed E-state index contributed by atoms with van der Waals surface area (Å²) in [5.41, 5.74) is 6.90. The molecule has 216 valence electrons. The summed E-state index contributed by atoms with van der Waals surface area (Å²) in [6.45, 7) is 0.546. The van der Waals surface area contributed by atoms with Gasteiger partial charge in [-0.15, -0.1) is 0 Å². The minimum absolute atomic E-state index is 0.0546. The third-order valence-corrected chi connectivity index (χ3v) is 7.80. The van der Waals surface area contributed by atoms with Gasteiger partial charge in [-0.05, 0) is 40.1 Å². The quantitative estimate of drug-likeness (QED) is 0.157. The van der Waals surface area contributed by atoms with Gasteiger partial charge >= 0.3 is 0 Å². The highest BCUT2D eigenvalue weighted by Gasteiger charge is 2.18. The first-order valence-corrected chi connectivity index (χ1v) is 14.8. The zero-order valence-corrected chi connectivity index (χ0v) is 24.1. The van der Waals surface area contributed by atoms with Crippen molar-refractivity contribution < 1.29 is 5.11 Å². The largest absolute Gasteiger partial charge is 0.394 e. The molecule has 0 amide bonds. The maximum Gasteiger partial charge on any atom is 0.231 e. The smallest absolute Gasteiger partial charge is 0.231 e. The van der Waals surface area contributed by atoms with Gasteiger partial charge in [-0.1, -0.05) is 121 Å². The molecule has 2 aromatic heterocycles. The highest BCUT2D eigenvalue weighted by atomic mass is 16.3. The lowest BCUT2D eigenvalue weighted by molar-refractivity contribution is 0.273. The Morgan fingerprint density at radius 3 is 2.18 bits per heavy atom. The Bertz CT molecular complexity index is 2000. The van der Waals surface area contributed by atoms with Crippen molar-refractivity contribution in [3.63, 3.8) is 0 Å². The van der Waals surface area contributed by atoms with E-state index in [9.17, 15) is 5.11 Å². The van der Waals surface area contributed by atoms with Crippen LogP contribution in [0.3, 0.4) is 0 Å². The average molecular weight is 577 g/mol. The van der Waals surface area contributed by atoms with Crippen molar-refractivity contribution in [2.45, 2.75) is 19.0 Å². The number of fused-ring (bicyclic) bond motifs is 2. The van der Waals surface area contributed by atoms with Crippen molar-refractivity contribution in [1.29, 1.82) is 0 Å². The second-order valence-corrected chi connectivity index (χ2v) is 10.9. The van der Waals surface area contributed by atoms with Crippen LogP contribution in [0.25, 0.3) is 33.1 Å². The first-order valence-electron chi connectivity index (χ1n) is 14.8. The lowest BCUT2D eigenvalue weighted by atomic mass is 10.0. The number of aliphatic hydroxyl groups excluding tert-OH is 1. The van der Waals surface area contributed by atoms with Crippen molar-refractivity contribution in [1.82, 2.24) is 19.5 Å². The van der Waals surface area contributed by atoms with E-state index in [0.29, 0.717) is 35.9 Å². The van der Waals surface area contributed by atoms with Crippen LogP contribution < -0.4 is 10.6 Å². The molecule has 0 fully saturated rings. The van der Waals surface area contributed by atoms with Gasteiger partial charge in [0.2, 0.25) is 5.95 Å². The zero-order valence-electron chi connectivity index (χ0n) is 24.1. The van der Waals surface area contributed by atoms with Crippen molar-refractivity contribution in [2.24, 2.45) is 0 Å². The molecule has 1 atom stereocenters. The maximum atomic E-state index is 10.3. The summed E-state index contributed by atoms with van der Waals surface area (Å²) in [6, 6.07) is 43.2. The standard InChI is InChI=1S/C37H32N6O/c44-24-31(22-26-10-3-1-4-11-26)39-35-34-36(42-37(41-35)40-33-17-9-15-30-14-7-8-16-32(30)33)43(25-38-34)23-27-18-20-29(21-19-27)28-12-5-2-6-13-28/h1-21,25,31,44H,22-24H2,(H2,39,40,41,42)/t31-/m0/s1. The van der Waals surface area contributed by atoms with Gasteiger partial charge in [0.1, 0.15) is 0 Å². The third-order valence-electron chi connectivity index (χ3n) is 7.80. The molecule has 0 aliphatic rings. The number of hydrogen-bond acceptors (Lipinski definition) is 6. The van der Waals surface area contributed by atoms with Gasteiger partial charge in [0.25, 0.3) is 0 Å². The summed E-state index contributed by atoms with van der Waals surface area (Å²) >= 11 is 0. The van der Waals surface area contributed by atoms with Gasteiger partial charge in [-0.25, -0.2) is 4.98 Å². The van der Waals surface area contributed by atoms with Crippen LogP contribution in [0.2, 0.25) is 0 Å². The molecule has 2 heterocycles. The number of nitrogens with one attached hydrogen (secondary N) is 2. The van der Waals surface area contributed by atoms with Gasteiger partial charge in [-0.3, -0.25) is 0 Å². The molecule has 0 aliphatic heterocycles. The third kappa shape index (κ3) is 5.86. The molecule has 0 radical (unpaired) electrons. The van der Waals surface area contributed by atoms with Crippen LogP contribution in [0, 0.1) is 0 Å². The molecule has 5 aromatic carbocycles. The van der Waals surface area contributed by atoms with E-state index in [0.717, 1.165) is 27.6 Å². The summed E-state index contributed by atoms with van der Waals surface area (Å²) in [4.78, 5) is 14.6. The van der Waals surface area contributed by atoms with Crippen LogP contribution in [0.5, 0.6) is 0 Å². The molecule has 0 saturated carbocycles. The zero-order chi connectivity index (χ0) is 29.7. The minimum Gasteiger partial charge on any atom is -0.394 e. The van der Waals surface area contributed by atoms with Crippen LogP contribution in [-0.2, 0) is 13.0 Å². The van der Waals surface area contributed by atoms with Crippen LogP contribution in [0.15, 0.2) is 134 Å². The van der Waals surface area contributed by atoms with Crippen LogP contribution in [-0.4, -0.2) is 37.3 Å². The van der Waals surface area contributed by atoms with E-state index < -0.39 is 0 Å². The highest BCUT2D eigenvalue weighted by Crippen LogP contribution is 2.29. The number of benzene rings is 5. The number of aromatic nitrogens is 4. The monoisotopic (exact) mass is 576 g/mol. The normalized spacial score (nSPS) is 11.9. The fraction of sp³-hybridized carbons (Fsp3) is 0.108. The summed E-state index contributed by atoms with van der Waals surface area (Å²) in [6.07, 6.45) is 2.45. The number of anilines is 3. The van der Waals surface area contributed by atoms with Crippen molar-refractivity contribution in [2.75, 3.05) is 17.2 Å². The summed E-state index contributed by atoms with van der Waals surface area (Å²) < 4.78 is 2.04. The van der Waals surface area contributed by atoms with Gasteiger partial charge < -0.3 is 20.3 Å². The lowest BCUT2D eigenvalue weighted by Crippen LogP contribution is -2.27. The molecule has 7 nitrogen and oxygen atoms in total. The molecule has 7 heteroatoms. The summed E-state index contributed by atoms with van der Waals surface area (Å²) in [5, 5.41) is 19.4. The molecule has 0 aliphatic carbocycles. The molecule has 0 bridgehead atoms. The molecule has 0 spiro atoms. The van der Waals surface area contributed by atoms with E-state index in [4.69, 9.17) is 15.0 Å². The predicted molar refractivity (Wildman–Crippen MR) is 178 cm³/mol. The van der Waals surface area contributed by atoms with Crippen LogP contribution in [0.4, 0.5) is 17.5 Å². The topological polar surface area (TPSA) is 87.9 Å². The molecule has 7 rings (SSSR count). The van der Waals surface area contributed by atoms with Crippen molar-refractivity contribution >= 4 is 39.4 Å². The fourth-order valence-electron chi connectivity index (χ4n) is 5.55. The number of nitrogens with zero attached hydrogens (tertiary/aromatic N) is 4. The highest BCUT2D eigenvalue weighted by molar-refractivity contribution is 5.95. The molecule has 7 aromatic rings. The Labute approximate surface area is 255 Å². The molecule has 0 saturated heterocycles. The van der Waals surface area contributed by atoms with Crippen molar-refractivity contribution in [3.8, 4) is 11.1 Å². The Morgan fingerprint density at radius 1 is 0.682 bits per heavy atom. The number of aliphatic hydroxyl groups is 1. The lowest BCUT2D eigenvalue weighted by Gasteiger charge is -2.18. The molecule has 3 N–H and O–H groups in total. The first-order chi connectivity index (χ1) is 21.7. The van der Waals surface area contributed by atoms with Gasteiger partial charge in [0.05, 0.1) is 25.5 Å². The SMILES string of the molecule is OC[C@H](Cc1ccccc1)Nc1nc(Nc2cccc3ccccc23)nc2c1ncn2Cc1ccc(-c2ccccc2)cc1. The van der Waals surface area contributed by atoms with E-state index in [1.807, 2.05) is 59.4 Å². The van der Waals surface area contributed by atoms with E-state index >= 15 is 0 Å². The molecular formula is C37H32N6O. The number of imidazole rings is 1. The Balaban J connectivity index is 1.24. The van der Waals surface area contributed by atoms with Gasteiger partial charge in [0.15, 0.2) is 17.0 Å². The second-order valence-electron chi connectivity index (χ2n) is 10.9. The van der Waals surface area contributed by atoms with E-state index in [-0.39, 0.29) is 12.6 Å². The first kappa shape index (κ1) is 27.3. The van der Waals surface area contributed by atoms with E-state index in [1.165, 1.54) is 11.1 Å².